The van der Waals surface area contributed by atoms with E-state index in [1.54, 1.807) is 0 Å². The molecule has 127 valence electrons. The van der Waals surface area contributed by atoms with Crippen LogP contribution in [0.25, 0.3) is 31.3 Å². The van der Waals surface area contributed by atoms with Gasteiger partial charge >= 0.3 is 0 Å². The van der Waals surface area contributed by atoms with Crippen LogP contribution in [0.1, 0.15) is 11.1 Å². The molecule has 2 heteroatoms. The Hall–Kier alpha value is -3.10. The summed E-state index contributed by atoms with van der Waals surface area (Å²) in [6.45, 7) is 0. The van der Waals surface area contributed by atoms with Gasteiger partial charge in [-0.25, -0.2) is 0 Å². The van der Waals surface area contributed by atoms with Crippen LogP contribution >= 0.6 is 11.3 Å². The Morgan fingerprint density at radius 3 is 2.63 bits per heavy atom. The number of thiophene rings is 1. The molecular weight excluding hydrogens is 348 g/mol. The normalized spacial score (nSPS) is 12.6. The maximum absolute atomic E-state index is 6.10. The van der Waals surface area contributed by atoms with Gasteiger partial charge in [0.15, 0.2) is 0 Å². The molecule has 27 heavy (non-hydrogen) atoms. The van der Waals surface area contributed by atoms with Crippen LogP contribution in [0.2, 0.25) is 0 Å². The first kappa shape index (κ1) is 15.0. The molecule has 1 aliphatic rings. The Bertz CT molecular complexity index is 1330. The van der Waals surface area contributed by atoms with E-state index in [4.69, 9.17) is 4.74 Å². The molecule has 1 aromatic heterocycles. The lowest BCUT2D eigenvalue weighted by molar-refractivity contribution is 0.460. The molecule has 0 saturated carbocycles. The van der Waals surface area contributed by atoms with E-state index < -0.39 is 0 Å². The average molecular weight is 363 g/mol. The Balaban J connectivity index is 1.55. The zero-order valence-electron chi connectivity index (χ0n) is 14.5. The molecule has 0 aliphatic carbocycles. The maximum Gasteiger partial charge on any atom is 0.131 e. The van der Waals surface area contributed by atoms with E-state index in [2.05, 4.69) is 66.7 Å². The van der Waals surface area contributed by atoms with Crippen LogP contribution in [0.15, 0.2) is 78.9 Å². The van der Waals surface area contributed by atoms with Gasteiger partial charge in [-0.15, -0.1) is 11.3 Å². The van der Waals surface area contributed by atoms with Gasteiger partial charge in [0.2, 0.25) is 0 Å². The Morgan fingerprint density at radius 2 is 1.63 bits per heavy atom. The van der Waals surface area contributed by atoms with E-state index in [-0.39, 0.29) is 0 Å². The van der Waals surface area contributed by atoms with E-state index in [9.17, 15) is 0 Å². The highest BCUT2D eigenvalue weighted by atomic mass is 32.1. The molecular formula is C25H15OS. The standard InChI is InChI=1S/C25H15OS/c1-3-9-21-17(6-1)15-18-14-16(12-13-22(18)26-21)19-8-5-11-24-25(19)20-7-2-4-10-23(20)27-24/h1-7,9-14H,15H2. The summed E-state index contributed by atoms with van der Waals surface area (Å²) in [6, 6.07) is 31.1. The molecule has 0 atom stereocenters. The second kappa shape index (κ2) is 5.70. The zero-order valence-corrected chi connectivity index (χ0v) is 15.3. The van der Waals surface area contributed by atoms with Crippen molar-refractivity contribution in [2.24, 2.45) is 0 Å². The van der Waals surface area contributed by atoms with Crippen LogP contribution in [-0.2, 0) is 6.42 Å². The third-order valence-electron chi connectivity index (χ3n) is 5.26. The van der Waals surface area contributed by atoms with Crippen LogP contribution in [0.5, 0.6) is 11.5 Å². The number of hydrogen-bond acceptors (Lipinski definition) is 2. The monoisotopic (exact) mass is 363 g/mol. The van der Waals surface area contributed by atoms with Gasteiger partial charge in [-0.3, -0.25) is 0 Å². The van der Waals surface area contributed by atoms with Gasteiger partial charge in [0.25, 0.3) is 0 Å². The van der Waals surface area contributed by atoms with E-state index in [1.165, 1.54) is 42.4 Å². The topological polar surface area (TPSA) is 9.23 Å². The molecule has 1 aliphatic heterocycles. The van der Waals surface area contributed by atoms with Crippen molar-refractivity contribution in [3.63, 3.8) is 0 Å². The number of ether oxygens (including phenoxy) is 1. The molecule has 0 N–H and O–H groups in total. The predicted octanol–water partition coefficient (Wildman–Crippen LogP) is 7.22. The largest absolute Gasteiger partial charge is 0.457 e. The Morgan fingerprint density at radius 1 is 0.778 bits per heavy atom. The highest BCUT2D eigenvalue weighted by Crippen LogP contribution is 2.42. The number of rotatable bonds is 1. The summed E-state index contributed by atoms with van der Waals surface area (Å²) >= 11 is 1.85. The highest BCUT2D eigenvalue weighted by molar-refractivity contribution is 7.25. The number of fused-ring (bicyclic) bond motifs is 5. The Labute approximate surface area is 161 Å². The summed E-state index contributed by atoms with van der Waals surface area (Å²) in [4.78, 5) is 0. The lowest BCUT2D eigenvalue weighted by Crippen LogP contribution is -2.02. The minimum atomic E-state index is 0.902. The molecule has 0 bridgehead atoms. The van der Waals surface area contributed by atoms with Crippen LogP contribution < -0.4 is 4.74 Å². The van der Waals surface area contributed by atoms with E-state index in [0.717, 1.165) is 17.9 Å². The number of benzene rings is 4. The lowest BCUT2D eigenvalue weighted by Gasteiger charge is -2.21. The minimum absolute atomic E-state index is 0.902. The van der Waals surface area contributed by atoms with E-state index >= 15 is 0 Å². The molecule has 0 spiro atoms. The first-order chi connectivity index (χ1) is 13.4. The maximum atomic E-state index is 6.10. The van der Waals surface area contributed by atoms with E-state index in [0.29, 0.717) is 0 Å². The predicted molar refractivity (Wildman–Crippen MR) is 113 cm³/mol. The second-order valence-electron chi connectivity index (χ2n) is 6.90. The first-order valence-electron chi connectivity index (χ1n) is 9.08. The van der Waals surface area contributed by atoms with Gasteiger partial charge in [-0.05, 0) is 58.7 Å². The van der Waals surface area contributed by atoms with Crippen LogP contribution in [0, 0.1) is 6.07 Å². The van der Waals surface area contributed by atoms with Crippen molar-refractivity contribution in [2.45, 2.75) is 6.42 Å². The first-order valence-corrected chi connectivity index (χ1v) is 9.89. The molecule has 1 nitrogen and oxygen atoms in total. The van der Waals surface area contributed by atoms with Crippen molar-refractivity contribution in [2.75, 3.05) is 0 Å². The fourth-order valence-corrected chi connectivity index (χ4v) is 5.10. The van der Waals surface area contributed by atoms with Crippen LogP contribution in [0.3, 0.4) is 0 Å². The third-order valence-corrected chi connectivity index (χ3v) is 6.39. The fraction of sp³-hybridized carbons (Fsp3) is 0.0400. The van der Waals surface area contributed by atoms with Gasteiger partial charge < -0.3 is 4.74 Å². The summed E-state index contributed by atoms with van der Waals surface area (Å²) in [7, 11) is 0. The molecule has 2 heterocycles. The molecule has 5 aromatic rings. The van der Waals surface area contributed by atoms with Gasteiger partial charge in [-0.2, -0.15) is 0 Å². The molecule has 6 rings (SSSR count). The quantitative estimate of drug-likeness (QED) is 0.300. The Kier molecular flexibility index (Phi) is 3.17. The summed E-state index contributed by atoms with van der Waals surface area (Å²) < 4.78 is 8.74. The van der Waals surface area contributed by atoms with Gasteiger partial charge in [-0.1, -0.05) is 48.5 Å². The average Bonchev–Trinajstić information content (AvgIpc) is 3.10. The summed E-state index contributed by atoms with van der Waals surface area (Å²) in [5.74, 6) is 1.93. The van der Waals surface area contributed by atoms with Crippen LogP contribution in [0.4, 0.5) is 0 Å². The van der Waals surface area contributed by atoms with Gasteiger partial charge in [0.05, 0.1) is 0 Å². The van der Waals surface area contributed by atoms with Crippen molar-refractivity contribution in [1.82, 2.24) is 0 Å². The van der Waals surface area contributed by atoms with Crippen LogP contribution in [-0.4, -0.2) is 0 Å². The fourth-order valence-electron chi connectivity index (χ4n) is 3.99. The summed E-state index contributed by atoms with van der Waals surface area (Å²) in [5, 5.41) is 2.61. The van der Waals surface area contributed by atoms with Crippen molar-refractivity contribution in [3.05, 3.63) is 96.1 Å². The minimum Gasteiger partial charge on any atom is -0.457 e. The number of hydrogen-bond donors (Lipinski definition) is 0. The molecule has 0 amide bonds. The van der Waals surface area contributed by atoms with Crippen molar-refractivity contribution >= 4 is 31.5 Å². The SMILES string of the molecule is [c]1ccc2sc3ccccc3c2c1-c1ccc2c(c1)Cc1ccccc1O2. The summed E-state index contributed by atoms with van der Waals surface area (Å²) in [6.07, 6.45) is 0.902. The van der Waals surface area contributed by atoms with E-state index in [1.807, 2.05) is 29.5 Å². The number of para-hydroxylation sites is 1. The third kappa shape index (κ3) is 2.30. The molecule has 1 radical (unpaired) electrons. The lowest BCUT2D eigenvalue weighted by atomic mass is 9.94. The highest BCUT2D eigenvalue weighted by Gasteiger charge is 2.18. The van der Waals surface area contributed by atoms with Crippen molar-refractivity contribution in [1.29, 1.82) is 0 Å². The molecule has 0 unspecified atom stereocenters. The van der Waals surface area contributed by atoms with Gasteiger partial charge in [0, 0.05) is 26.6 Å². The zero-order chi connectivity index (χ0) is 17.8. The van der Waals surface area contributed by atoms with Gasteiger partial charge in [0.1, 0.15) is 11.5 Å². The molecule has 0 fully saturated rings. The molecule has 4 aromatic carbocycles. The summed E-state index contributed by atoms with van der Waals surface area (Å²) in [5.41, 5.74) is 4.85. The molecule has 0 saturated heterocycles. The smallest absolute Gasteiger partial charge is 0.131 e. The van der Waals surface area contributed by atoms with Crippen molar-refractivity contribution in [3.8, 4) is 22.6 Å². The van der Waals surface area contributed by atoms with Crippen molar-refractivity contribution < 1.29 is 4.74 Å². The second-order valence-corrected chi connectivity index (χ2v) is 7.98.